The van der Waals surface area contributed by atoms with Gasteiger partial charge < -0.3 is 9.64 Å². The molecule has 0 amide bonds. The molecule has 3 nitrogen and oxygen atoms in total. The van der Waals surface area contributed by atoms with Crippen LogP contribution in [0.4, 0.5) is 8.78 Å². The van der Waals surface area contributed by atoms with Gasteiger partial charge >= 0.3 is 5.97 Å². The molecule has 142 valence electrons. The highest BCUT2D eigenvalue weighted by atomic mass is 19.2. The molecule has 27 heavy (non-hydrogen) atoms. The van der Waals surface area contributed by atoms with Gasteiger partial charge in [0.25, 0.3) is 0 Å². The van der Waals surface area contributed by atoms with Crippen LogP contribution < -0.4 is 0 Å². The van der Waals surface area contributed by atoms with Crippen LogP contribution in [-0.2, 0) is 9.53 Å². The topological polar surface area (TPSA) is 29.5 Å². The summed E-state index contributed by atoms with van der Waals surface area (Å²) in [5.41, 5.74) is 1.17. The zero-order valence-electron chi connectivity index (χ0n) is 15.1. The van der Waals surface area contributed by atoms with Gasteiger partial charge in [-0.3, -0.25) is 4.79 Å². The van der Waals surface area contributed by atoms with Gasteiger partial charge in [-0.05, 0) is 55.5 Å². The minimum Gasteiger partial charge on any atom is -0.453 e. The minimum atomic E-state index is -0.943. The second-order valence-electron chi connectivity index (χ2n) is 7.56. The fraction of sp³-hybridized carbons (Fsp3) is 0.409. The molecule has 0 spiro atoms. The third kappa shape index (κ3) is 4.03. The first-order valence-corrected chi connectivity index (χ1v) is 9.52. The lowest BCUT2D eigenvalue weighted by Gasteiger charge is -2.44. The van der Waals surface area contributed by atoms with E-state index in [1.165, 1.54) is 6.07 Å². The third-order valence-corrected chi connectivity index (χ3v) is 5.82. The molecule has 0 radical (unpaired) electrons. The van der Waals surface area contributed by atoms with Crippen molar-refractivity contribution >= 4 is 5.97 Å². The molecule has 1 unspecified atom stereocenters. The molecule has 3 saturated heterocycles. The van der Waals surface area contributed by atoms with Crippen molar-refractivity contribution in [2.24, 2.45) is 11.8 Å². The number of carbonyl (C=O) groups excluding carboxylic acids is 1. The van der Waals surface area contributed by atoms with E-state index in [2.05, 4.69) is 4.90 Å². The Labute approximate surface area is 157 Å². The van der Waals surface area contributed by atoms with Gasteiger partial charge in [-0.15, -0.1) is 0 Å². The molecule has 2 aromatic carbocycles. The standard InChI is InChI=1S/C22H23F2NO2/c23-19-7-6-17(12-20(19)24)22(16-4-2-1-3-5-16)27-21(26)13-18-14-25-10-8-15(18)9-11-25/h1-7,12,15,18,22H,8-11,13-14H2/t18-,22?/m0/s1. The van der Waals surface area contributed by atoms with Crippen molar-refractivity contribution in [3.8, 4) is 0 Å². The van der Waals surface area contributed by atoms with Crippen molar-refractivity contribution in [3.05, 3.63) is 71.3 Å². The molecule has 3 fully saturated rings. The highest BCUT2D eigenvalue weighted by Gasteiger charge is 2.36. The molecule has 0 N–H and O–H groups in total. The van der Waals surface area contributed by atoms with Crippen LogP contribution in [0.5, 0.6) is 0 Å². The minimum absolute atomic E-state index is 0.285. The van der Waals surface area contributed by atoms with E-state index in [0.29, 0.717) is 23.8 Å². The molecule has 3 aliphatic rings. The van der Waals surface area contributed by atoms with Crippen LogP contribution in [0, 0.1) is 23.5 Å². The fourth-order valence-electron chi connectivity index (χ4n) is 4.34. The maximum atomic E-state index is 13.7. The molecular weight excluding hydrogens is 348 g/mol. The molecule has 2 bridgehead atoms. The number of carbonyl (C=O) groups is 1. The van der Waals surface area contributed by atoms with Gasteiger partial charge in [0.05, 0.1) is 0 Å². The quantitative estimate of drug-likeness (QED) is 0.733. The second-order valence-corrected chi connectivity index (χ2v) is 7.56. The summed E-state index contributed by atoms with van der Waals surface area (Å²) >= 11 is 0. The van der Waals surface area contributed by atoms with Gasteiger partial charge in [-0.25, -0.2) is 8.78 Å². The van der Waals surface area contributed by atoms with E-state index in [4.69, 9.17) is 4.74 Å². The van der Waals surface area contributed by atoms with Gasteiger partial charge in [0.15, 0.2) is 17.7 Å². The van der Waals surface area contributed by atoms with Crippen LogP contribution in [-0.4, -0.2) is 30.5 Å². The lowest BCUT2D eigenvalue weighted by Crippen LogP contribution is -2.48. The molecule has 0 aromatic heterocycles. The molecule has 5 heteroatoms. The van der Waals surface area contributed by atoms with E-state index in [1.54, 1.807) is 0 Å². The van der Waals surface area contributed by atoms with Gasteiger partial charge in [-0.1, -0.05) is 36.4 Å². The highest BCUT2D eigenvalue weighted by molar-refractivity contribution is 5.70. The van der Waals surface area contributed by atoms with E-state index < -0.39 is 17.7 Å². The van der Waals surface area contributed by atoms with Crippen molar-refractivity contribution in [1.29, 1.82) is 0 Å². The smallest absolute Gasteiger partial charge is 0.307 e. The lowest BCUT2D eigenvalue weighted by molar-refractivity contribution is -0.150. The molecule has 0 aliphatic carbocycles. The Bertz CT molecular complexity index is 803. The summed E-state index contributed by atoms with van der Waals surface area (Å²) in [5, 5.41) is 0. The molecule has 3 aliphatic heterocycles. The number of piperidine rings is 3. The first kappa shape index (κ1) is 18.1. The maximum absolute atomic E-state index is 13.7. The first-order valence-electron chi connectivity index (χ1n) is 9.52. The highest BCUT2D eigenvalue weighted by Crippen LogP contribution is 2.35. The van der Waals surface area contributed by atoms with Crippen molar-refractivity contribution in [3.63, 3.8) is 0 Å². The summed E-state index contributed by atoms with van der Waals surface area (Å²) in [4.78, 5) is 15.1. The zero-order chi connectivity index (χ0) is 18.8. The number of ether oxygens (including phenoxy) is 1. The SMILES string of the molecule is O=C(C[C@H]1CN2CCC1CC2)OC(c1ccccc1)c1ccc(F)c(F)c1. The average molecular weight is 371 g/mol. The number of hydrogen-bond donors (Lipinski definition) is 0. The maximum Gasteiger partial charge on any atom is 0.307 e. The third-order valence-electron chi connectivity index (χ3n) is 5.82. The van der Waals surface area contributed by atoms with Crippen molar-refractivity contribution in [1.82, 2.24) is 4.90 Å². The van der Waals surface area contributed by atoms with Crippen LogP contribution in [0.2, 0.25) is 0 Å². The van der Waals surface area contributed by atoms with Crippen LogP contribution in [0.15, 0.2) is 48.5 Å². The lowest BCUT2D eigenvalue weighted by atomic mass is 9.77. The second kappa shape index (κ2) is 7.77. The van der Waals surface area contributed by atoms with E-state index in [0.717, 1.165) is 50.2 Å². The number of hydrogen-bond acceptors (Lipinski definition) is 3. The van der Waals surface area contributed by atoms with E-state index in [1.807, 2.05) is 30.3 Å². The molecule has 0 saturated carbocycles. The van der Waals surface area contributed by atoms with Crippen LogP contribution in [0.3, 0.4) is 0 Å². The fourth-order valence-corrected chi connectivity index (χ4v) is 4.34. The monoisotopic (exact) mass is 371 g/mol. The number of halogens is 2. The summed E-state index contributed by atoms with van der Waals surface area (Å²) in [7, 11) is 0. The first-order chi connectivity index (χ1) is 13.1. The van der Waals surface area contributed by atoms with Crippen molar-refractivity contribution < 1.29 is 18.3 Å². The number of fused-ring (bicyclic) bond motifs is 3. The average Bonchev–Trinajstić information content (AvgIpc) is 2.70. The largest absolute Gasteiger partial charge is 0.453 e. The number of benzene rings is 2. The summed E-state index contributed by atoms with van der Waals surface area (Å²) in [5.74, 6) is -1.24. The number of rotatable bonds is 5. The van der Waals surface area contributed by atoms with Crippen LogP contribution in [0.1, 0.15) is 36.5 Å². The van der Waals surface area contributed by atoms with E-state index >= 15 is 0 Å². The Hall–Kier alpha value is -2.27. The Balaban J connectivity index is 1.52. The summed E-state index contributed by atoms with van der Waals surface area (Å²) in [6, 6.07) is 12.8. The summed E-state index contributed by atoms with van der Waals surface area (Å²) < 4.78 is 32.9. The van der Waals surface area contributed by atoms with E-state index in [-0.39, 0.29) is 5.97 Å². The van der Waals surface area contributed by atoms with Crippen molar-refractivity contribution in [2.45, 2.75) is 25.4 Å². The molecule has 5 rings (SSSR count). The normalized spacial score (nSPS) is 25.2. The Morgan fingerprint density at radius 1 is 1.04 bits per heavy atom. The predicted octanol–water partition coefficient (Wildman–Crippen LogP) is 4.33. The van der Waals surface area contributed by atoms with E-state index in [9.17, 15) is 13.6 Å². The predicted molar refractivity (Wildman–Crippen MR) is 98.0 cm³/mol. The zero-order valence-corrected chi connectivity index (χ0v) is 15.1. The van der Waals surface area contributed by atoms with Gasteiger partial charge in [0.1, 0.15) is 0 Å². The molecule has 3 heterocycles. The van der Waals surface area contributed by atoms with Crippen LogP contribution in [0.25, 0.3) is 0 Å². The number of esters is 1. The Morgan fingerprint density at radius 2 is 1.78 bits per heavy atom. The summed E-state index contributed by atoms with van der Waals surface area (Å²) in [6.45, 7) is 3.19. The molecular formula is C22H23F2NO2. The molecule has 2 aromatic rings. The Morgan fingerprint density at radius 3 is 2.41 bits per heavy atom. The van der Waals surface area contributed by atoms with Gasteiger partial charge in [0.2, 0.25) is 0 Å². The molecule has 2 atom stereocenters. The van der Waals surface area contributed by atoms with Crippen molar-refractivity contribution in [2.75, 3.05) is 19.6 Å². The number of nitrogens with zero attached hydrogens (tertiary/aromatic N) is 1. The summed E-state index contributed by atoms with van der Waals surface area (Å²) in [6.07, 6.45) is 1.91. The Kier molecular flexibility index (Phi) is 5.21. The van der Waals surface area contributed by atoms with Gasteiger partial charge in [0, 0.05) is 18.5 Å². The van der Waals surface area contributed by atoms with Crippen LogP contribution >= 0.6 is 0 Å². The van der Waals surface area contributed by atoms with Gasteiger partial charge in [-0.2, -0.15) is 0 Å².